The maximum atomic E-state index is 12.9. The lowest BCUT2D eigenvalue weighted by molar-refractivity contribution is -0.113. The van der Waals surface area contributed by atoms with E-state index in [1.54, 1.807) is 6.08 Å². The van der Waals surface area contributed by atoms with E-state index in [1.165, 1.54) is 36.0 Å². The van der Waals surface area contributed by atoms with Crippen molar-refractivity contribution >= 4 is 23.4 Å². The Kier molecular flexibility index (Phi) is 6.03. The van der Waals surface area contributed by atoms with Crippen LogP contribution in [0, 0.1) is 12.7 Å². The van der Waals surface area contributed by atoms with Crippen LogP contribution in [-0.2, 0) is 11.3 Å². The Morgan fingerprint density at radius 1 is 1.26 bits per heavy atom. The van der Waals surface area contributed by atoms with E-state index in [1.807, 2.05) is 35.8 Å². The lowest BCUT2D eigenvalue weighted by atomic mass is 10.1. The van der Waals surface area contributed by atoms with Gasteiger partial charge >= 0.3 is 0 Å². The van der Waals surface area contributed by atoms with Gasteiger partial charge in [0.25, 0.3) is 0 Å². The van der Waals surface area contributed by atoms with Gasteiger partial charge in [0.2, 0.25) is 5.91 Å². The van der Waals surface area contributed by atoms with Crippen LogP contribution in [0.4, 0.5) is 10.1 Å². The molecule has 0 aliphatic heterocycles. The van der Waals surface area contributed by atoms with Crippen LogP contribution in [0.1, 0.15) is 5.56 Å². The van der Waals surface area contributed by atoms with Gasteiger partial charge in [-0.15, -0.1) is 16.8 Å². The fourth-order valence-corrected chi connectivity index (χ4v) is 3.30. The maximum absolute atomic E-state index is 12.9. The van der Waals surface area contributed by atoms with Crippen molar-refractivity contribution in [1.82, 2.24) is 14.8 Å². The van der Waals surface area contributed by atoms with Crippen LogP contribution in [0.2, 0.25) is 0 Å². The zero-order valence-electron chi connectivity index (χ0n) is 14.9. The van der Waals surface area contributed by atoms with Crippen LogP contribution in [0.3, 0.4) is 0 Å². The lowest BCUT2D eigenvalue weighted by Gasteiger charge is -2.08. The molecule has 3 rings (SSSR count). The molecule has 2 aromatic carbocycles. The largest absolute Gasteiger partial charge is 0.325 e. The van der Waals surface area contributed by atoms with E-state index in [4.69, 9.17) is 0 Å². The molecular weight excluding hydrogens is 363 g/mol. The molecule has 1 N–H and O–H groups in total. The van der Waals surface area contributed by atoms with Gasteiger partial charge in [-0.25, -0.2) is 4.39 Å². The molecule has 3 aromatic rings. The van der Waals surface area contributed by atoms with Crippen molar-refractivity contribution in [1.29, 1.82) is 0 Å². The summed E-state index contributed by atoms with van der Waals surface area (Å²) in [4.78, 5) is 12.2. The summed E-state index contributed by atoms with van der Waals surface area (Å²) in [5.41, 5.74) is 2.65. The van der Waals surface area contributed by atoms with E-state index in [-0.39, 0.29) is 17.5 Å². The van der Waals surface area contributed by atoms with Crippen molar-refractivity contribution in [3.05, 3.63) is 72.6 Å². The van der Waals surface area contributed by atoms with Crippen LogP contribution < -0.4 is 5.32 Å². The van der Waals surface area contributed by atoms with Crippen LogP contribution >= 0.6 is 11.8 Å². The number of aryl methyl sites for hydroxylation is 1. The van der Waals surface area contributed by atoms with Crippen LogP contribution in [-0.4, -0.2) is 26.4 Å². The highest BCUT2D eigenvalue weighted by Crippen LogP contribution is 2.25. The number of anilines is 1. The number of carbonyl (C=O) groups is 1. The Hall–Kier alpha value is -2.93. The number of nitrogens with one attached hydrogen (secondary N) is 1. The molecule has 5 nitrogen and oxygen atoms in total. The molecule has 1 aromatic heterocycles. The summed E-state index contributed by atoms with van der Waals surface area (Å²) in [6.45, 7) is 6.35. The number of thioether (sulfide) groups is 1. The molecule has 1 heterocycles. The Labute approximate surface area is 161 Å². The molecule has 1 amide bonds. The highest BCUT2D eigenvalue weighted by molar-refractivity contribution is 7.99. The van der Waals surface area contributed by atoms with E-state index in [0.717, 1.165) is 17.0 Å². The van der Waals surface area contributed by atoms with Gasteiger partial charge in [-0.3, -0.25) is 9.36 Å². The van der Waals surface area contributed by atoms with Crippen LogP contribution in [0.25, 0.3) is 11.4 Å². The third-order valence-corrected chi connectivity index (χ3v) is 4.73. The topological polar surface area (TPSA) is 59.8 Å². The fourth-order valence-electron chi connectivity index (χ4n) is 2.55. The Balaban J connectivity index is 1.72. The summed E-state index contributed by atoms with van der Waals surface area (Å²) in [6, 6.07) is 13.7. The zero-order valence-corrected chi connectivity index (χ0v) is 15.7. The SMILES string of the molecule is C=CCn1c(SCC(=O)Nc2ccc(F)cc2)nnc1-c1cccc(C)c1. The monoisotopic (exact) mass is 382 g/mol. The standard InChI is InChI=1S/C20H19FN4OS/c1-3-11-25-19(15-6-4-5-14(2)12-15)23-24-20(25)27-13-18(26)22-17-9-7-16(21)8-10-17/h3-10,12H,1,11,13H2,2H3,(H,22,26). The highest BCUT2D eigenvalue weighted by Gasteiger charge is 2.15. The van der Waals surface area contributed by atoms with Gasteiger partial charge in [-0.05, 0) is 37.3 Å². The molecule has 7 heteroatoms. The molecule has 138 valence electrons. The number of aromatic nitrogens is 3. The van der Waals surface area contributed by atoms with Crippen molar-refractivity contribution in [3.8, 4) is 11.4 Å². The number of benzene rings is 2. The molecule has 0 fully saturated rings. The number of halogens is 1. The van der Waals surface area contributed by atoms with Crippen molar-refractivity contribution in [3.63, 3.8) is 0 Å². The number of nitrogens with zero attached hydrogens (tertiary/aromatic N) is 3. The first kappa shape index (κ1) is 18.8. The summed E-state index contributed by atoms with van der Waals surface area (Å²) in [7, 11) is 0. The minimum absolute atomic E-state index is 0.167. The first-order chi connectivity index (χ1) is 13.1. The Morgan fingerprint density at radius 3 is 2.74 bits per heavy atom. The van der Waals surface area contributed by atoms with Crippen LogP contribution in [0.5, 0.6) is 0 Å². The summed E-state index contributed by atoms with van der Waals surface area (Å²) in [6.07, 6.45) is 1.77. The quantitative estimate of drug-likeness (QED) is 0.489. The van der Waals surface area contributed by atoms with E-state index in [2.05, 4.69) is 22.1 Å². The molecule has 27 heavy (non-hydrogen) atoms. The minimum Gasteiger partial charge on any atom is -0.325 e. The predicted octanol–water partition coefficient (Wildman–Crippen LogP) is 4.31. The summed E-state index contributed by atoms with van der Waals surface area (Å²) >= 11 is 1.29. The summed E-state index contributed by atoms with van der Waals surface area (Å²) < 4.78 is 14.9. The Bertz CT molecular complexity index is 953. The van der Waals surface area contributed by atoms with E-state index < -0.39 is 0 Å². The fraction of sp³-hybridized carbons (Fsp3) is 0.150. The Morgan fingerprint density at radius 2 is 2.04 bits per heavy atom. The van der Waals surface area contributed by atoms with Gasteiger partial charge in [-0.1, -0.05) is 41.6 Å². The third kappa shape index (κ3) is 4.83. The second kappa shape index (κ2) is 8.64. The van der Waals surface area contributed by atoms with Crippen molar-refractivity contribution in [2.45, 2.75) is 18.6 Å². The molecule has 0 saturated heterocycles. The van der Waals surface area contributed by atoms with Gasteiger partial charge in [0.05, 0.1) is 5.75 Å². The predicted molar refractivity (Wildman–Crippen MR) is 106 cm³/mol. The van der Waals surface area contributed by atoms with Crippen molar-refractivity contribution in [2.75, 3.05) is 11.1 Å². The lowest BCUT2D eigenvalue weighted by Crippen LogP contribution is -2.14. The molecule has 0 spiro atoms. The molecule has 0 unspecified atom stereocenters. The third-order valence-electron chi connectivity index (χ3n) is 3.77. The van der Waals surface area contributed by atoms with Gasteiger partial charge in [0, 0.05) is 17.8 Å². The normalized spacial score (nSPS) is 10.6. The van der Waals surface area contributed by atoms with E-state index in [9.17, 15) is 9.18 Å². The summed E-state index contributed by atoms with van der Waals surface area (Å²) in [5.74, 6) is 0.362. The maximum Gasteiger partial charge on any atom is 0.234 e. The zero-order chi connectivity index (χ0) is 19.2. The second-order valence-corrected chi connectivity index (χ2v) is 6.86. The molecule has 0 radical (unpaired) electrons. The van der Waals surface area contributed by atoms with Gasteiger partial charge in [0.15, 0.2) is 11.0 Å². The number of rotatable bonds is 7. The smallest absolute Gasteiger partial charge is 0.234 e. The molecule has 0 saturated carbocycles. The van der Waals surface area contributed by atoms with Gasteiger partial charge in [0.1, 0.15) is 5.82 Å². The van der Waals surface area contributed by atoms with Crippen molar-refractivity contribution in [2.24, 2.45) is 0 Å². The highest BCUT2D eigenvalue weighted by atomic mass is 32.2. The van der Waals surface area contributed by atoms with Gasteiger partial charge in [-0.2, -0.15) is 0 Å². The molecular formula is C20H19FN4OS. The number of allylic oxidation sites excluding steroid dienone is 1. The second-order valence-electron chi connectivity index (χ2n) is 5.92. The first-order valence-electron chi connectivity index (χ1n) is 8.36. The number of hydrogen-bond donors (Lipinski definition) is 1. The molecule has 0 aliphatic rings. The number of carbonyl (C=O) groups excluding carboxylic acids is 1. The van der Waals surface area contributed by atoms with E-state index in [0.29, 0.717) is 17.4 Å². The number of amides is 1. The molecule has 0 atom stereocenters. The number of hydrogen-bond acceptors (Lipinski definition) is 4. The average Bonchev–Trinajstić information content (AvgIpc) is 3.05. The molecule has 0 bridgehead atoms. The van der Waals surface area contributed by atoms with E-state index >= 15 is 0 Å². The molecule has 0 aliphatic carbocycles. The summed E-state index contributed by atoms with van der Waals surface area (Å²) in [5, 5.41) is 11.9. The first-order valence-corrected chi connectivity index (χ1v) is 9.34. The average molecular weight is 382 g/mol. The minimum atomic E-state index is -0.344. The van der Waals surface area contributed by atoms with Crippen molar-refractivity contribution < 1.29 is 9.18 Å². The van der Waals surface area contributed by atoms with Crippen LogP contribution in [0.15, 0.2) is 66.3 Å². The van der Waals surface area contributed by atoms with Gasteiger partial charge < -0.3 is 5.32 Å².